The van der Waals surface area contributed by atoms with Crippen LogP contribution in [0.25, 0.3) is 0 Å². The summed E-state index contributed by atoms with van der Waals surface area (Å²) in [4.78, 5) is 15.9. The van der Waals surface area contributed by atoms with Gasteiger partial charge in [-0.25, -0.2) is 4.98 Å². The van der Waals surface area contributed by atoms with E-state index < -0.39 is 16.8 Å². The van der Waals surface area contributed by atoms with Crippen molar-refractivity contribution >= 4 is 17.1 Å². The minimum Gasteiger partial charge on any atom is -0.367 e. The maximum absolute atomic E-state index is 12.6. The van der Waals surface area contributed by atoms with Gasteiger partial charge in [-0.2, -0.15) is 13.2 Å². The molecule has 1 aliphatic rings. The van der Waals surface area contributed by atoms with Crippen molar-refractivity contribution < 1.29 is 22.7 Å². The van der Waals surface area contributed by atoms with Crippen molar-refractivity contribution in [1.29, 1.82) is 0 Å². The zero-order chi connectivity index (χ0) is 14.8. The van der Waals surface area contributed by atoms with E-state index in [1.165, 1.54) is 0 Å². The van der Waals surface area contributed by atoms with Crippen LogP contribution in [0.2, 0.25) is 0 Å². The van der Waals surface area contributed by atoms with Gasteiger partial charge in [0.15, 0.2) is 5.01 Å². The van der Waals surface area contributed by atoms with Gasteiger partial charge in [-0.1, -0.05) is 19.3 Å². The van der Waals surface area contributed by atoms with E-state index in [0.29, 0.717) is 30.8 Å². The molecule has 2 rings (SSSR count). The molecular formula is C13H16F3NO2S. The summed E-state index contributed by atoms with van der Waals surface area (Å²) in [6, 6.07) is 0. The average molecular weight is 307 g/mol. The van der Waals surface area contributed by atoms with E-state index >= 15 is 0 Å². The second kappa shape index (κ2) is 5.81. The summed E-state index contributed by atoms with van der Waals surface area (Å²) < 4.78 is 43.3. The summed E-state index contributed by atoms with van der Waals surface area (Å²) in [6.07, 6.45) is 0.392. The molecule has 0 amide bonds. The highest BCUT2D eigenvalue weighted by atomic mass is 32.1. The number of carbonyl (C=O) groups excluding carboxylic acids is 1. The maximum Gasteiger partial charge on any atom is 0.443 e. The lowest BCUT2D eigenvalue weighted by atomic mass is 9.81. The zero-order valence-electron chi connectivity index (χ0n) is 11.1. The molecule has 3 nitrogen and oxygen atoms in total. The molecule has 1 saturated carbocycles. The van der Waals surface area contributed by atoms with E-state index in [-0.39, 0.29) is 10.7 Å². The van der Waals surface area contributed by atoms with Crippen molar-refractivity contribution in [2.45, 2.75) is 50.8 Å². The molecule has 0 saturated heterocycles. The van der Waals surface area contributed by atoms with Gasteiger partial charge in [-0.05, 0) is 19.8 Å². The minimum atomic E-state index is -4.51. The van der Waals surface area contributed by atoms with Crippen LogP contribution in [-0.2, 0) is 10.9 Å². The third-order valence-electron chi connectivity index (χ3n) is 3.47. The number of ketones is 1. The van der Waals surface area contributed by atoms with E-state index in [9.17, 15) is 18.0 Å². The van der Waals surface area contributed by atoms with Crippen LogP contribution in [0, 0.1) is 0 Å². The van der Waals surface area contributed by atoms with Gasteiger partial charge in [0.2, 0.25) is 5.78 Å². The van der Waals surface area contributed by atoms with Crippen molar-refractivity contribution in [1.82, 2.24) is 4.98 Å². The Morgan fingerprint density at radius 2 is 2.05 bits per heavy atom. The van der Waals surface area contributed by atoms with Crippen LogP contribution in [-0.4, -0.2) is 23.0 Å². The molecule has 1 aromatic rings. The maximum atomic E-state index is 12.6. The number of hydrogen-bond acceptors (Lipinski definition) is 4. The van der Waals surface area contributed by atoms with E-state index in [2.05, 4.69) is 4.98 Å². The van der Waals surface area contributed by atoms with Crippen LogP contribution < -0.4 is 0 Å². The number of rotatable bonds is 4. The van der Waals surface area contributed by atoms with Gasteiger partial charge in [-0.3, -0.25) is 4.79 Å². The molecule has 1 aromatic heterocycles. The smallest absolute Gasteiger partial charge is 0.367 e. The van der Waals surface area contributed by atoms with Crippen molar-refractivity contribution in [3.63, 3.8) is 0 Å². The van der Waals surface area contributed by atoms with Crippen molar-refractivity contribution in [3.8, 4) is 0 Å². The summed E-state index contributed by atoms with van der Waals surface area (Å²) >= 11 is 0.400. The van der Waals surface area contributed by atoms with Crippen molar-refractivity contribution in [2.24, 2.45) is 0 Å². The molecule has 0 atom stereocenters. The number of ether oxygens (including phenoxy) is 1. The van der Waals surface area contributed by atoms with Crippen molar-refractivity contribution in [3.05, 3.63) is 16.1 Å². The second-order valence-electron chi connectivity index (χ2n) is 4.84. The minimum absolute atomic E-state index is 0.0349. The number of halogens is 3. The quantitative estimate of drug-likeness (QED) is 0.787. The van der Waals surface area contributed by atoms with E-state index in [1.807, 2.05) is 0 Å². The van der Waals surface area contributed by atoms with Crippen LogP contribution in [0.15, 0.2) is 6.20 Å². The lowest BCUT2D eigenvalue weighted by Crippen LogP contribution is -2.43. The number of carbonyl (C=O) groups is 1. The fourth-order valence-electron chi connectivity index (χ4n) is 2.57. The topological polar surface area (TPSA) is 39.2 Å². The Morgan fingerprint density at radius 1 is 1.40 bits per heavy atom. The lowest BCUT2D eigenvalue weighted by Gasteiger charge is -2.35. The summed E-state index contributed by atoms with van der Waals surface area (Å²) in [6.45, 7) is 2.16. The molecule has 0 unspecified atom stereocenters. The summed E-state index contributed by atoms with van der Waals surface area (Å²) in [7, 11) is 0. The summed E-state index contributed by atoms with van der Waals surface area (Å²) in [5.74, 6) is -0.355. The van der Waals surface area contributed by atoms with Crippen LogP contribution in [0.3, 0.4) is 0 Å². The van der Waals surface area contributed by atoms with E-state index in [1.54, 1.807) is 6.92 Å². The highest BCUT2D eigenvalue weighted by molar-refractivity contribution is 7.13. The zero-order valence-corrected chi connectivity index (χ0v) is 11.9. The van der Waals surface area contributed by atoms with Gasteiger partial charge in [0.1, 0.15) is 5.60 Å². The van der Waals surface area contributed by atoms with Gasteiger partial charge >= 0.3 is 6.18 Å². The Hall–Kier alpha value is -0.950. The number of alkyl halides is 3. The van der Waals surface area contributed by atoms with Crippen LogP contribution in [0.4, 0.5) is 13.2 Å². The molecule has 112 valence electrons. The first-order chi connectivity index (χ1) is 9.39. The first-order valence-electron chi connectivity index (χ1n) is 6.61. The van der Waals surface area contributed by atoms with E-state index in [0.717, 1.165) is 25.5 Å². The fraction of sp³-hybridized carbons (Fsp3) is 0.692. The van der Waals surface area contributed by atoms with Gasteiger partial charge in [0, 0.05) is 12.8 Å². The Balaban J connectivity index is 2.25. The molecule has 0 spiro atoms. The third-order valence-corrected chi connectivity index (χ3v) is 4.51. The van der Waals surface area contributed by atoms with Crippen LogP contribution >= 0.6 is 11.3 Å². The number of thiazole rings is 1. The Kier molecular flexibility index (Phi) is 4.49. The summed E-state index contributed by atoms with van der Waals surface area (Å²) in [5.41, 5.74) is -0.956. The first-order valence-corrected chi connectivity index (χ1v) is 7.42. The van der Waals surface area contributed by atoms with E-state index in [4.69, 9.17) is 4.74 Å². The fourth-order valence-corrected chi connectivity index (χ4v) is 3.38. The van der Waals surface area contributed by atoms with Crippen molar-refractivity contribution in [2.75, 3.05) is 6.61 Å². The highest BCUT2D eigenvalue weighted by Crippen LogP contribution is 2.38. The molecule has 1 heterocycles. The molecule has 20 heavy (non-hydrogen) atoms. The van der Waals surface area contributed by atoms with Gasteiger partial charge in [-0.15, -0.1) is 11.3 Å². The molecule has 0 bridgehead atoms. The molecule has 0 radical (unpaired) electrons. The number of nitrogens with zero attached hydrogens (tertiary/aromatic N) is 1. The number of aromatic nitrogens is 1. The van der Waals surface area contributed by atoms with Gasteiger partial charge in [0.05, 0.1) is 4.88 Å². The van der Waals surface area contributed by atoms with Gasteiger partial charge in [0.25, 0.3) is 0 Å². The monoisotopic (exact) mass is 307 g/mol. The number of Topliss-reactive ketones (excluding diaryl/α,β-unsaturated/α-hetero) is 1. The lowest BCUT2D eigenvalue weighted by molar-refractivity contribution is -0.137. The summed E-state index contributed by atoms with van der Waals surface area (Å²) in [5, 5.41) is -0.983. The second-order valence-corrected chi connectivity index (χ2v) is 5.88. The predicted molar refractivity (Wildman–Crippen MR) is 68.9 cm³/mol. The molecule has 1 aliphatic carbocycles. The molecular weight excluding hydrogens is 291 g/mol. The molecule has 7 heteroatoms. The molecule has 0 N–H and O–H groups in total. The Bertz CT molecular complexity index is 473. The molecule has 0 aromatic carbocycles. The predicted octanol–water partition coefficient (Wildman–Crippen LogP) is 4.08. The van der Waals surface area contributed by atoms with Gasteiger partial charge < -0.3 is 4.74 Å². The molecule has 0 aliphatic heterocycles. The van der Waals surface area contributed by atoms with Crippen LogP contribution in [0.5, 0.6) is 0 Å². The average Bonchev–Trinajstić information content (AvgIpc) is 2.88. The van der Waals surface area contributed by atoms with Crippen LogP contribution in [0.1, 0.15) is 53.7 Å². The third kappa shape index (κ3) is 3.03. The first kappa shape index (κ1) is 15.4. The Labute approximate surface area is 119 Å². The Morgan fingerprint density at radius 3 is 2.55 bits per heavy atom. The SMILES string of the molecule is CCOC1(C(=O)c2cnc(C(F)(F)F)s2)CCCCC1. The highest BCUT2D eigenvalue weighted by Gasteiger charge is 2.43. The largest absolute Gasteiger partial charge is 0.443 e. The number of hydrogen-bond donors (Lipinski definition) is 0. The standard InChI is InChI=1S/C13H16F3NO2S/c1-2-19-12(6-4-3-5-7-12)10(18)9-8-17-11(20-9)13(14,15)16/h8H,2-7H2,1H3. The molecule has 1 fully saturated rings. The normalized spacial score (nSPS) is 19.0.